The molecule has 2 fully saturated rings. The third kappa shape index (κ3) is 14.2. The summed E-state index contributed by atoms with van der Waals surface area (Å²) in [5.41, 5.74) is 4.22. The second-order valence-corrected chi connectivity index (χ2v) is 22.8. The molecular formula is C53H61N9O8S4. The van der Waals surface area contributed by atoms with Crippen LogP contribution in [0.4, 0.5) is 10.3 Å². The smallest absolute Gasteiger partial charge is 0.257 e. The Kier molecular flexibility index (Phi) is 19.1. The second kappa shape index (κ2) is 25.6. The van der Waals surface area contributed by atoms with Crippen LogP contribution in [0.5, 0.6) is 11.5 Å². The third-order valence-electron chi connectivity index (χ3n) is 12.3. The number of piperazine rings is 1. The average Bonchev–Trinajstić information content (AvgIpc) is 4.17. The highest BCUT2D eigenvalue weighted by Gasteiger charge is 2.31. The number of hydrogen-bond donors (Lipinski definition) is 4. The number of thiazole rings is 2. The first kappa shape index (κ1) is 55.2. The second-order valence-electron chi connectivity index (χ2n) is 18.1. The summed E-state index contributed by atoms with van der Waals surface area (Å²) in [7, 11) is 6.92. The van der Waals surface area contributed by atoms with E-state index < -0.39 is 5.91 Å². The molecule has 3 aromatic carbocycles. The number of carbonyl (C=O) groups excluding carboxylic acids is 6. The molecule has 0 unspecified atom stereocenters. The van der Waals surface area contributed by atoms with Crippen molar-refractivity contribution in [3.05, 3.63) is 113 Å². The lowest BCUT2D eigenvalue weighted by molar-refractivity contribution is -0.130. The number of benzene rings is 3. The van der Waals surface area contributed by atoms with Gasteiger partial charge in [0.05, 0.1) is 45.7 Å². The van der Waals surface area contributed by atoms with E-state index in [2.05, 4.69) is 32.8 Å². The van der Waals surface area contributed by atoms with Gasteiger partial charge in [0, 0.05) is 72.7 Å². The minimum atomic E-state index is -0.445. The Labute approximate surface area is 447 Å². The minimum absolute atomic E-state index is 0.00568. The van der Waals surface area contributed by atoms with Gasteiger partial charge in [0.1, 0.15) is 11.5 Å². The maximum absolute atomic E-state index is 14.1. The fourth-order valence-corrected chi connectivity index (χ4v) is 12.6. The summed E-state index contributed by atoms with van der Waals surface area (Å²) in [5.74, 6) is -0.777. The van der Waals surface area contributed by atoms with Gasteiger partial charge in [-0.05, 0) is 113 Å². The summed E-state index contributed by atoms with van der Waals surface area (Å²) in [4.78, 5) is 95.8. The van der Waals surface area contributed by atoms with Gasteiger partial charge in [-0.15, -0.1) is 0 Å². The van der Waals surface area contributed by atoms with Crippen LogP contribution in [-0.4, -0.2) is 127 Å². The number of nitrogens with zero attached hydrogens (tertiary/aromatic N) is 5. The van der Waals surface area contributed by atoms with E-state index in [0.717, 1.165) is 56.4 Å². The van der Waals surface area contributed by atoms with E-state index in [1.165, 1.54) is 72.6 Å². The van der Waals surface area contributed by atoms with Gasteiger partial charge in [0.2, 0.25) is 17.7 Å². The van der Waals surface area contributed by atoms with Crippen LogP contribution in [0.25, 0.3) is 6.08 Å². The van der Waals surface area contributed by atoms with Crippen LogP contribution in [0.2, 0.25) is 0 Å². The molecule has 3 heterocycles. The zero-order chi connectivity index (χ0) is 53.1. The minimum Gasteiger partial charge on any atom is -0.496 e. The first-order valence-corrected chi connectivity index (χ1v) is 27.3. The Morgan fingerprint density at radius 3 is 2.23 bits per heavy atom. The maximum Gasteiger partial charge on any atom is 0.257 e. The highest BCUT2D eigenvalue weighted by Crippen LogP contribution is 2.42. The number of amides is 6. The summed E-state index contributed by atoms with van der Waals surface area (Å²) >= 11 is 5.38. The van der Waals surface area contributed by atoms with Crippen LogP contribution in [0.1, 0.15) is 86.1 Å². The Hall–Kier alpha value is -6.52. The molecule has 0 radical (unpaired) electrons. The third-order valence-corrected chi connectivity index (χ3v) is 16.8. The molecular weight excluding hydrogens is 1020 g/mol. The van der Waals surface area contributed by atoms with Crippen LogP contribution < -0.4 is 30.7 Å². The molecule has 6 amide bonds. The monoisotopic (exact) mass is 1080 g/mol. The first-order chi connectivity index (χ1) is 35.5. The molecule has 4 N–H and O–H groups in total. The van der Waals surface area contributed by atoms with E-state index in [4.69, 9.17) is 14.5 Å². The van der Waals surface area contributed by atoms with E-state index in [9.17, 15) is 28.8 Å². The quantitative estimate of drug-likeness (QED) is 0.0428. The average molecular weight is 1080 g/mol. The molecule has 1 saturated carbocycles. The Morgan fingerprint density at radius 2 is 1.54 bits per heavy atom. The van der Waals surface area contributed by atoms with Crippen molar-refractivity contribution in [1.29, 1.82) is 0 Å². The van der Waals surface area contributed by atoms with Crippen LogP contribution in [0.15, 0.2) is 91.7 Å². The number of rotatable bonds is 20. The lowest BCUT2D eigenvalue weighted by Crippen LogP contribution is -2.55. The zero-order valence-corrected chi connectivity index (χ0v) is 45.8. The van der Waals surface area contributed by atoms with Crippen molar-refractivity contribution in [1.82, 2.24) is 35.3 Å². The van der Waals surface area contributed by atoms with Crippen LogP contribution in [0.3, 0.4) is 0 Å². The molecule has 7 rings (SSSR count). The van der Waals surface area contributed by atoms with E-state index in [1.807, 2.05) is 58.0 Å². The maximum atomic E-state index is 14.1. The largest absolute Gasteiger partial charge is 0.496 e. The van der Waals surface area contributed by atoms with Gasteiger partial charge in [0.25, 0.3) is 17.7 Å². The summed E-state index contributed by atoms with van der Waals surface area (Å²) in [6.07, 6.45) is 9.81. The van der Waals surface area contributed by atoms with Crippen LogP contribution >= 0.6 is 46.2 Å². The number of ether oxygens (including phenoxy) is 2. The van der Waals surface area contributed by atoms with Crippen molar-refractivity contribution in [3.8, 4) is 11.5 Å². The fraction of sp³-hybridized carbons (Fsp3) is 0.358. The zero-order valence-electron chi connectivity index (χ0n) is 42.5. The number of aromatic nitrogens is 2. The molecule has 74 heavy (non-hydrogen) atoms. The summed E-state index contributed by atoms with van der Waals surface area (Å²) < 4.78 is 12.8. The van der Waals surface area contributed by atoms with Crippen molar-refractivity contribution >= 4 is 98.0 Å². The first-order valence-electron chi connectivity index (χ1n) is 24.1. The molecule has 1 saturated heterocycles. The topological polar surface area (TPSA) is 204 Å². The Balaban J connectivity index is 1.03. The number of anilines is 2. The molecule has 1 aliphatic heterocycles. The highest BCUT2D eigenvalue weighted by atomic mass is 32.2. The van der Waals surface area contributed by atoms with Crippen molar-refractivity contribution in [2.75, 3.05) is 71.7 Å². The van der Waals surface area contributed by atoms with Gasteiger partial charge in [-0.2, -0.15) is 0 Å². The highest BCUT2D eigenvalue weighted by molar-refractivity contribution is 8.01. The molecule has 17 nitrogen and oxygen atoms in total. The number of nitrogens with one attached hydrogen (secondary N) is 4. The molecule has 5 aromatic rings. The normalized spacial score (nSPS) is 14.8. The van der Waals surface area contributed by atoms with Gasteiger partial charge in [-0.25, -0.2) is 9.97 Å². The summed E-state index contributed by atoms with van der Waals surface area (Å²) in [6, 6.07) is 14.3. The van der Waals surface area contributed by atoms with E-state index in [-0.39, 0.29) is 54.6 Å². The molecule has 1 aliphatic carbocycles. The molecule has 0 spiro atoms. The fourth-order valence-electron chi connectivity index (χ4n) is 8.52. The lowest BCUT2D eigenvalue weighted by Gasteiger charge is -2.39. The standard InChI is InChI=1S/C53H61N9O8S4/c1-9-45(64)62-22-21-61(29-33(62)4)50(68)38-27-43(32(3)24-41(38)70-8)72-51-39(57-53(74-51)59-48(66)36-16-12-13-34(25-36)30-60(5)6)17-18-44(63)54-19-20-55-49(67)37-26-42(31(2)23-40(37)69-7)71-46-28-56-52(73-46)58-47(65)35-14-10-11-15-35/h9,12-13,16-18,23-28,33,35H,1,10-11,14-15,19-22,29-30H2,2-8H3,(H,54,63)(H,55,67)(H,56,58,65)(H,57,59,66)/t33-/m1/s1. The molecule has 2 aliphatic rings. The van der Waals surface area contributed by atoms with Gasteiger partial charge in [-0.1, -0.05) is 77.8 Å². The molecule has 21 heteroatoms. The van der Waals surface area contributed by atoms with Crippen LogP contribution in [-0.2, 0) is 20.9 Å². The van der Waals surface area contributed by atoms with Gasteiger partial charge in [-0.3, -0.25) is 34.1 Å². The number of aryl methyl sites for hydroxylation is 2. The van der Waals surface area contributed by atoms with E-state index in [0.29, 0.717) is 74.5 Å². The number of hydrogen-bond acceptors (Lipinski definition) is 15. The van der Waals surface area contributed by atoms with Gasteiger partial charge >= 0.3 is 0 Å². The van der Waals surface area contributed by atoms with Crippen molar-refractivity contribution in [2.24, 2.45) is 5.92 Å². The van der Waals surface area contributed by atoms with Crippen molar-refractivity contribution in [2.45, 2.75) is 77.3 Å². The van der Waals surface area contributed by atoms with Crippen molar-refractivity contribution < 1.29 is 38.2 Å². The molecule has 2 aromatic heterocycles. The van der Waals surface area contributed by atoms with E-state index >= 15 is 0 Å². The number of carbonyl (C=O) groups is 6. The van der Waals surface area contributed by atoms with Crippen molar-refractivity contribution in [3.63, 3.8) is 0 Å². The Morgan fingerprint density at radius 1 is 0.851 bits per heavy atom. The Bertz CT molecular complexity index is 2950. The van der Waals surface area contributed by atoms with Crippen LogP contribution in [0, 0.1) is 19.8 Å². The SMILES string of the molecule is C=CC(=O)N1CCN(C(=O)c2cc(Sc3sc(NC(=O)c4cccc(CN(C)C)c4)nc3C=CC(=O)NCCNC(=O)c3cc(Sc4cnc(NC(=O)C5CCCC5)s4)c(C)cc3OC)c(C)cc2OC)C[C@H]1C. The number of methoxy groups -OCH3 is 2. The lowest BCUT2D eigenvalue weighted by atomic mass is 10.1. The molecule has 0 bridgehead atoms. The summed E-state index contributed by atoms with van der Waals surface area (Å²) in [5, 5.41) is 12.4. The molecule has 390 valence electrons. The van der Waals surface area contributed by atoms with Gasteiger partial charge in [0.15, 0.2) is 10.3 Å². The molecule has 1 atom stereocenters. The van der Waals surface area contributed by atoms with E-state index in [1.54, 1.807) is 52.4 Å². The summed E-state index contributed by atoms with van der Waals surface area (Å²) in [6.45, 7) is 11.2. The predicted octanol–water partition coefficient (Wildman–Crippen LogP) is 8.40. The predicted molar refractivity (Wildman–Crippen MR) is 292 cm³/mol. The van der Waals surface area contributed by atoms with Gasteiger partial charge < -0.3 is 40.1 Å².